The summed E-state index contributed by atoms with van der Waals surface area (Å²) >= 11 is 0. The molecule has 2 heterocycles. The molecule has 0 aromatic heterocycles. The number of amides is 1. The number of para-hydroxylation sites is 2. The quantitative estimate of drug-likeness (QED) is 0.195. The summed E-state index contributed by atoms with van der Waals surface area (Å²) in [6.07, 6.45) is -2.78. The molecule has 1 unspecified atom stereocenters. The number of piperidine rings is 1. The van der Waals surface area contributed by atoms with Crippen LogP contribution in [0.15, 0.2) is 54.6 Å². The second-order valence-electron chi connectivity index (χ2n) is 11.3. The van der Waals surface area contributed by atoms with Gasteiger partial charge in [-0.1, -0.05) is 49.2 Å². The van der Waals surface area contributed by atoms with Gasteiger partial charge in [0.25, 0.3) is 0 Å². The maximum Gasteiger partial charge on any atom is 0.490 e. The van der Waals surface area contributed by atoms with Gasteiger partial charge in [-0.3, -0.25) is 14.7 Å². The standard InChI is InChI=1S/C28H38N4O2.2C2HF3O2/c1-22(33)13-5-3-8-19-27(29-28(34)26-18-11-12-20-30(26)2)31-21-23-14-9-10-17-25(23)32(31)24-15-6-4-7-16-24;2*3-2(4,5)1(6)7/h4,6-7,9-10,14-17,26-27H,3,5,8,11-13,18-21H2,1-2H3,(H,29,34);2*(H,6,7)/t26?,27-;;/m0../s1. The number of hydrogen-bond donors (Lipinski definition) is 3. The summed E-state index contributed by atoms with van der Waals surface area (Å²) in [5.41, 5.74) is 3.52. The van der Waals surface area contributed by atoms with Crippen molar-refractivity contribution in [3.8, 4) is 0 Å². The van der Waals surface area contributed by atoms with Gasteiger partial charge in [0.15, 0.2) is 0 Å². The van der Waals surface area contributed by atoms with Crippen LogP contribution in [-0.2, 0) is 25.7 Å². The number of aliphatic carboxylic acids is 2. The predicted octanol–water partition coefficient (Wildman–Crippen LogP) is 6.29. The maximum atomic E-state index is 13.4. The number of unbranched alkanes of at least 4 members (excludes halogenated alkanes) is 2. The fourth-order valence-corrected chi connectivity index (χ4v) is 5.19. The Balaban J connectivity index is 0.000000479. The molecule has 10 nitrogen and oxygen atoms in total. The van der Waals surface area contributed by atoms with Crippen molar-refractivity contribution in [1.29, 1.82) is 0 Å². The molecule has 1 fully saturated rings. The van der Waals surface area contributed by atoms with E-state index in [9.17, 15) is 35.9 Å². The van der Waals surface area contributed by atoms with Crippen LogP contribution < -0.4 is 10.3 Å². The predicted molar refractivity (Wildman–Crippen MR) is 164 cm³/mol. The van der Waals surface area contributed by atoms with Gasteiger partial charge >= 0.3 is 24.3 Å². The molecule has 0 saturated carbocycles. The molecule has 1 saturated heterocycles. The molecule has 48 heavy (non-hydrogen) atoms. The lowest BCUT2D eigenvalue weighted by Crippen LogP contribution is -2.56. The second kappa shape index (κ2) is 18.4. The zero-order valence-electron chi connectivity index (χ0n) is 26.6. The third-order valence-corrected chi connectivity index (χ3v) is 7.54. The number of carboxylic acid groups (broad SMARTS) is 2. The van der Waals surface area contributed by atoms with Crippen LogP contribution in [0.25, 0.3) is 0 Å². The Bertz CT molecular complexity index is 1330. The molecular formula is C32H40F6N4O6. The first kappa shape index (κ1) is 40.0. The lowest BCUT2D eigenvalue weighted by atomic mass is 10.0. The molecule has 3 N–H and O–H groups in total. The SMILES string of the molecule is CC(=O)CCCCC[C@@H](NC(=O)C1CCCCN1C)N1Cc2ccccc2N1c1ccccc1.O=C(O)C(F)(F)F.O=C(O)C(F)(F)F. The number of Topliss-reactive ketones (excluding diaryl/α,β-unsaturated/α-hetero) is 1. The van der Waals surface area contributed by atoms with E-state index in [0.717, 1.165) is 63.7 Å². The number of nitrogens with one attached hydrogen (secondary N) is 1. The number of fused-ring (bicyclic) bond motifs is 1. The lowest BCUT2D eigenvalue weighted by molar-refractivity contribution is -0.193. The molecule has 0 aliphatic carbocycles. The molecular weight excluding hydrogens is 650 g/mol. The highest BCUT2D eigenvalue weighted by Gasteiger charge is 2.39. The minimum Gasteiger partial charge on any atom is -0.475 e. The second-order valence-corrected chi connectivity index (χ2v) is 11.3. The summed E-state index contributed by atoms with van der Waals surface area (Å²) in [4.78, 5) is 44.8. The first-order valence-corrected chi connectivity index (χ1v) is 15.2. The summed E-state index contributed by atoms with van der Waals surface area (Å²) in [6, 6.07) is 18.8. The van der Waals surface area contributed by atoms with Crippen LogP contribution in [0.4, 0.5) is 37.7 Å². The summed E-state index contributed by atoms with van der Waals surface area (Å²) in [7, 11) is 2.06. The van der Waals surface area contributed by atoms with Crippen LogP contribution in [0.5, 0.6) is 0 Å². The number of likely N-dealkylation sites (N-methyl/N-ethyl adjacent to an activating group) is 1. The van der Waals surface area contributed by atoms with Crippen LogP contribution in [0.2, 0.25) is 0 Å². The number of anilines is 2. The number of ketones is 1. The summed E-state index contributed by atoms with van der Waals surface area (Å²) in [6.45, 7) is 3.38. The largest absolute Gasteiger partial charge is 0.490 e. The van der Waals surface area contributed by atoms with Gasteiger partial charge in [0.05, 0.1) is 17.4 Å². The van der Waals surface area contributed by atoms with Crippen LogP contribution in [-0.4, -0.2) is 81.9 Å². The first-order chi connectivity index (χ1) is 22.4. The molecule has 266 valence electrons. The smallest absolute Gasteiger partial charge is 0.475 e. The summed E-state index contributed by atoms with van der Waals surface area (Å²) in [5.74, 6) is -5.14. The Kier molecular flexibility index (Phi) is 15.3. The molecule has 1 amide bonds. The van der Waals surface area contributed by atoms with Gasteiger partial charge in [-0.15, -0.1) is 0 Å². The first-order valence-electron chi connectivity index (χ1n) is 15.2. The van der Waals surface area contributed by atoms with E-state index < -0.39 is 24.3 Å². The fraction of sp³-hybridized carbons (Fsp3) is 0.500. The number of carbonyl (C=O) groups excluding carboxylic acids is 2. The van der Waals surface area contributed by atoms with Crippen LogP contribution in [0.3, 0.4) is 0 Å². The summed E-state index contributed by atoms with van der Waals surface area (Å²) < 4.78 is 63.5. The molecule has 4 rings (SSSR count). The molecule has 2 aliphatic rings. The van der Waals surface area contributed by atoms with Crippen LogP contribution in [0, 0.1) is 0 Å². The Morgan fingerprint density at radius 2 is 1.42 bits per heavy atom. The van der Waals surface area contributed by atoms with E-state index in [4.69, 9.17) is 19.8 Å². The van der Waals surface area contributed by atoms with Crippen molar-refractivity contribution in [3.05, 3.63) is 60.2 Å². The van der Waals surface area contributed by atoms with Crippen molar-refractivity contribution in [1.82, 2.24) is 15.2 Å². The molecule has 0 radical (unpaired) electrons. The number of hydrazine groups is 1. The Labute approximate surface area is 274 Å². The van der Waals surface area contributed by atoms with Gasteiger partial charge in [-0.2, -0.15) is 31.4 Å². The van der Waals surface area contributed by atoms with Gasteiger partial charge in [-0.05, 0) is 76.4 Å². The van der Waals surface area contributed by atoms with E-state index in [1.54, 1.807) is 6.92 Å². The number of carboxylic acids is 2. The average Bonchev–Trinajstić information content (AvgIpc) is 3.40. The maximum absolute atomic E-state index is 13.4. The Hall–Kier alpha value is -4.18. The monoisotopic (exact) mass is 690 g/mol. The Morgan fingerprint density at radius 3 is 1.96 bits per heavy atom. The van der Waals surface area contributed by atoms with Crippen molar-refractivity contribution < 1.29 is 55.7 Å². The van der Waals surface area contributed by atoms with E-state index in [0.29, 0.717) is 6.42 Å². The summed E-state index contributed by atoms with van der Waals surface area (Å²) in [5, 5.41) is 22.3. The molecule has 2 aromatic carbocycles. The third-order valence-electron chi connectivity index (χ3n) is 7.54. The normalized spacial score (nSPS) is 17.2. The molecule has 2 atom stereocenters. The highest BCUT2D eigenvalue weighted by atomic mass is 19.4. The average molecular weight is 691 g/mol. The van der Waals surface area contributed by atoms with Gasteiger partial charge in [0, 0.05) is 13.0 Å². The van der Waals surface area contributed by atoms with E-state index in [2.05, 4.69) is 75.8 Å². The number of benzene rings is 2. The van der Waals surface area contributed by atoms with E-state index in [1.807, 2.05) is 6.07 Å². The fourth-order valence-electron chi connectivity index (χ4n) is 5.19. The van der Waals surface area contributed by atoms with Crippen molar-refractivity contribution in [2.24, 2.45) is 0 Å². The van der Waals surface area contributed by atoms with Gasteiger partial charge in [-0.25, -0.2) is 9.59 Å². The highest BCUT2D eigenvalue weighted by molar-refractivity contribution is 5.82. The van der Waals surface area contributed by atoms with E-state index >= 15 is 0 Å². The minimum atomic E-state index is -5.08. The number of rotatable bonds is 10. The van der Waals surface area contributed by atoms with Crippen molar-refractivity contribution in [2.45, 2.75) is 89.4 Å². The highest BCUT2D eigenvalue weighted by Crippen LogP contribution is 2.39. The Morgan fingerprint density at radius 1 is 0.854 bits per heavy atom. The van der Waals surface area contributed by atoms with E-state index in [-0.39, 0.29) is 23.9 Å². The lowest BCUT2D eigenvalue weighted by Gasteiger charge is -2.39. The molecule has 0 bridgehead atoms. The number of hydrogen-bond acceptors (Lipinski definition) is 7. The minimum absolute atomic E-state index is 0.0656. The number of likely N-dealkylation sites (tertiary alicyclic amines) is 1. The van der Waals surface area contributed by atoms with Gasteiger partial charge in [0.2, 0.25) is 5.91 Å². The van der Waals surface area contributed by atoms with Crippen LogP contribution in [0.1, 0.15) is 63.9 Å². The van der Waals surface area contributed by atoms with Crippen LogP contribution >= 0.6 is 0 Å². The number of halogens is 6. The van der Waals surface area contributed by atoms with Gasteiger partial charge in [0.1, 0.15) is 11.9 Å². The van der Waals surface area contributed by atoms with Crippen molar-refractivity contribution in [3.63, 3.8) is 0 Å². The number of alkyl halides is 6. The van der Waals surface area contributed by atoms with E-state index in [1.165, 1.54) is 11.3 Å². The molecule has 2 aliphatic heterocycles. The third kappa shape index (κ3) is 12.8. The molecule has 0 spiro atoms. The van der Waals surface area contributed by atoms with Crippen molar-refractivity contribution >= 4 is 35.0 Å². The molecule has 2 aromatic rings. The number of carbonyl (C=O) groups is 4. The van der Waals surface area contributed by atoms with Crippen molar-refractivity contribution in [2.75, 3.05) is 18.6 Å². The molecule has 16 heteroatoms. The number of nitrogens with zero attached hydrogens (tertiary/aromatic N) is 3. The zero-order chi connectivity index (χ0) is 36.1. The topological polar surface area (TPSA) is 130 Å². The zero-order valence-corrected chi connectivity index (χ0v) is 26.6. The van der Waals surface area contributed by atoms with Gasteiger partial charge < -0.3 is 20.3 Å².